The van der Waals surface area contributed by atoms with Gasteiger partial charge in [0.15, 0.2) is 0 Å². The smallest absolute Gasteiger partial charge is 0.342 e. The van der Waals surface area contributed by atoms with Gasteiger partial charge in [-0.15, -0.1) is 0 Å². The summed E-state index contributed by atoms with van der Waals surface area (Å²) in [6, 6.07) is 10.9. The van der Waals surface area contributed by atoms with E-state index in [-0.39, 0.29) is 22.6 Å². The summed E-state index contributed by atoms with van der Waals surface area (Å²) in [7, 11) is 1.18. The van der Waals surface area contributed by atoms with Gasteiger partial charge >= 0.3 is 5.97 Å². The zero-order valence-corrected chi connectivity index (χ0v) is 12.4. The molecule has 0 saturated carbocycles. The largest absolute Gasteiger partial charge is 0.465 e. The molecule has 0 bridgehead atoms. The van der Waals surface area contributed by atoms with E-state index in [0.717, 1.165) is 0 Å². The number of rotatable bonds is 4. The Hall–Kier alpha value is -3.40. The third kappa shape index (κ3) is 3.27. The lowest BCUT2D eigenvalue weighted by molar-refractivity contribution is -0.385. The summed E-state index contributed by atoms with van der Waals surface area (Å²) in [5, 5.41) is 19.9. The van der Waals surface area contributed by atoms with E-state index in [1.807, 2.05) is 6.07 Å². The first-order chi connectivity index (χ1) is 11.0. The van der Waals surface area contributed by atoms with Gasteiger partial charge in [-0.3, -0.25) is 10.1 Å². The van der Waals surface area contributed by atoms with Crippen molar-refractivity contribution in [2.75, 3.05) is 7.11 Å². The van der Waals surface area contributed by atoms with Gasteiger partial charge in [0.1, 0.15) is 17.1 Å². The van der Waals surface area contributed by atoms with E-state index in [1.54, 1.807) is 18.2 Å². The SMILES string of the molecule is COC(=O)c1c(Oc2cccc(C#N)c2)ccc([N+](=O)[O-])c1C. The molecule has 0 N–H and O–H groups in total. The topological polar surface area (TPSA) is 102 Å². The molecule has 0 unspecified atom stereocenters. The summed E-state index contributed by atoms with van der Waals surface area (Å²) in [4.78, 5) is 22.4. The van der Waals surface area contributed by atoms with Crippen molar-refractivity contribution in [3.05, 3.63) is 63.2 Å². The van der Waals surface area contributed by atoms with Crippen LogP contribution in [0.5, 0.6) is 11.5 Å². The summed E-state index contributed by atoms with van der Waals surface area (Å²) in [5.74, 6) is -0.282. The van der Waals surface area contributed by atoms with E-state index in [1.165, 1.54) is 32.2 Å². The van der Waals surface area contributed by atoms with Gasteiger partial charge in [0, 0.05) is 11.6 Å². The number of nitro benzene ring substituents is 1. The zero-order chi connectivity index (χ0) is 17.0. The van der Waals surface area contributed by atoms with Crippen molar-refractivity contribution in [2.24, 2.45) is 0 Å². The molecule has 0 aliphatic heterocycles. The molecule has 0 spiro atoms. The van der Waals surface area contributed by atoms with E-state index in [0.29, 0.717) is 11.3 Å². The number of carbonyl (C=O) groups is 1. The second kappa shape index (κ2) is 6.58. The molecule has 116 valence electrons. The summed E-state index contributed by atoms with van der Waals surface area (Å²) < 4.78 is 10.3. The third-order valence-electron chi connectivity index (χ3n) is 3.18. The predicted molar refractivity (Wildman–Crippen MR) is 80.4 cm³/mol. The molecule has 2 aromatic rings. The Morgan fingerprint density at radius 3 is 2.65 bits per heavy atom. The maximum absolute atomic E-state index is 12.0. The molecule has 2 rings (SSSR count). The van der Waals surface area contributed by atoms with Crippen molar-refractivity contribution in [2.45, 2.75) is 6.92 Å². The van der Waals surface area contributed by atoms with Crippen LogP contribution < -0.4 is 4.74 Å². The van der Waals surface area contributed by atoms with Crippen LogP contribution in [0.15, 0.2) is 36.4 Å². The maximum atomic E-state index is 12.0. The fraction of sp³-hybridized carbons (Fsp3) is 0.125. The zero-order valence-electron chi connectivity index (χ0n) is 12.4. The molecule has 0 heterocycles. The fourth-order valence-electron chi connectivity index (χ4n) is 2.07. The quantitative estimate of drug-likeness (QED) is 0.487. The minimum absolute atomic E-state index is 0.0240. The molecule has 0 fully saturated rings. The van der Waals surface area contributed by atoms with Crippen LogP contribution in [0.25, 0.3) is 0 Å². The Morgan fingerprint density at radius 2 is 2.04 bits per heavy atom. The van der Waals surface area contributed by atoms with Gasteiger partial charge < -0.3 is 9.47 Å². The molecule has 2 aromatic carbocycles. The van der Waals surface area contributed by atoms with Crippen LogP contribution >= 0.6 is 0 Å². The predicted octanol–water partition coefficient (Wildman–Crippen LogP) is 3.35. The van der Waals surface area contributed by atoms with E-state index >= 15 is 0 Å². The lowest BCUT2D eigenvalue weighted by Gasteiger charge is -2.12. The Kier molecular flexibility index (Phi) is 4.57. The summed E-state index contributed by atoms with van der Waals surface area (Å²) in [6.07, 6.45) is 0. The molecule has 0 aromatic heterocycles. The van der Waals surface area contributed by atoms with Crippen LogP contribution in [0.1, 0.15) is 21.5 Å². The van der Waals surface area contributed by atoms with E-state index in [9.17, 15) is 14.9 Å². The second-order valence-corrected chi connectivity index (χ2v) is 4.57. The van der Waals surface area contributed by atoms with Crippen molar-refractivity contribution < 1.29 is 19.2 Å². The number of nitro groups is 1. The van der Waals surface area contributed by atoms with Gasteiger partial charge in [0.05, 0.1) is 23.7 Å². The molecular formula is C16H12N2O5. The molecule has 23 heavy (non-hydrogen) atoms. The van der Waals surface area contributed by atoms with E-state index in [4.69, 9.17) is 10.00 Å². The number of nitrogens with zero attached hydrogens (tertiary/aromatic N) is 2. The average molecular weight is 312 g/mol. The number of nitriles is 1. The number of carbonyl (C=O) groups excluding carboxylic acids is 1. The fourth-order valence-corrected chi connectivity index (χ4v) is 2.07. The molecule has 0 saturated heterocycles. The number of esters is 1. The van der Waals surface area contributed by atoms with Crippen LogP contribution in [0.4, 0.5) is 5.69 Å². The van der Waals surface area contributed by atoms with Gasteiger partial charge in [-0.25, -0.2) is 4.79 Å². The Balaban J connectivity index is 2.53. The van der Waals surface area contributed by atoms with Crippen molar-refractivity contribution in [1.82, 2.24) is 0 Å². The Bertz CT molecular complexity index is 824. The highest BCUT2D eigenvalue weighted by Gasteiger charge is 2.24. The van der Waals surface area contributed by atoms with Crippen LogP contribution in [-0.4, -0.2) is 18.0 Å². The average Bonchev–Trinajstić information content (AvgIpc) is 2.54. The lowest BCUT2D eigenvalue weighted by atomic mass is 10.1. The van der Waals surface area contributed by atoms with Crippen LogP contribution in [0.3, 0.4) is 0 Å². The van der Waals surface area contributed by atoms with Crippen molar-refractivity contribution >= 4 is 11.7 Å². The number of hydrogen-bond donors (Lipinski definition) is 0. The molecule has 7 heteroatoms. The van der Waals surface area contributed by atoms with E-state index in [2.05, 4.69) is 4.74 Å². The first-order valence-electron chi connectivity index (χ1n) is 6.52. The first-order valence-corrected chi connectivity index (χ1v) is 6.52. The first kappa shape index (κ1) is 16.0. The molecule has 7 nitrogen and oxygen atoms in total. The summed E-state index contributed by atoms with van der Waals surface area (Å²) >= 11 is 0. The normalized spacial score (nSPS) is 9.78. The maximum Gasteiger partial charge on any atom is 0.342 e. The third-order valence-corrected chi connectivity index (χ3v) is 3.18. The number of benzene rings is 2. The number of hydrogen-bond acceptors (Lipinski definition) is 6. The molecule has 0 amide bonds. The molecule has 0 aliphatic rings. The summed E-state index contributed by atoms with van der Waals surface area (Å²) in [6.45, 7) is 1.45. The van der Waals surface area contributed by atoms with Gasteiger partial charge in [-0.2, -0.15) is 5.26 Å². The molecule has 0 atom stereocenters. The van der Waals surface area contributed by atoms with Gasteiger partial charge in [0.25, 0.3) is 5.69 Å². The second-order valence-electron chi connectivity index (χ2n) is 4.57. The highest BCUT2D eigenvalue weighted by molar-refractivity contribution is 5.95. The molecule has 0 aliphatic carbocycles. The van der Waals surface area contributed by atoms with E-state index < -0.39 is 10.9 Å². The van der Waals surface area contributed by atoms with Crippen molar-refractivity contribution in [3.8, 4) is 17.6 Å². The standard InChI is InChI=1S/C16H12N2O5/c1-10-13(18(20)21)6-7-14(15(10)16(19)22-2)23-12-5-3-4-11(8-12)9-17/h3-8H,1-2H3. The van der Waals surface area contributed by atoms with Crippen LogP contribution in [-0.2, 0) is 4.74 Å². The van der Waals surface area contributed by atoms with Crippen molar-refractivity contribution in [1.29, 1.82) is 5.26 Å². The Morgan fingerprint density at radius 1 is 1.30 bits per heavy atom. The molecular weight excluding hydrogens is 300 g/mol. The van der Waals surface area contributed by atoms with Crippen LogP contribution in [0, 0.1) is 28.4 Å². The highest BCUT2D eigenvalue weighted by atomic mass is 16.6. The minimum Gasteiger partial charge on any atom is -0.465 e. The Labute approximate surface area is 131 Å². The van der Waals surface area contributed by atoms with Gasteiger partial charge in [0.2, 0.25) is 0 Å². The van der Waals surface area contributed by atoms with Crippen LogP contribution in [0.2, 0.25) is 0 Å². The number of methoxy groups -OCH3 is 1. The number of ether oxygens (including phenoxy) is 2. The molecule has 0 radical (unpaired) electrons. The monoisotopic (exact) mass is 312 g/mol. The minimum atomic E-state index is -0.738. The van der Waals surface area contributed by atoms with Gasteiger partial charge in [-0.1, -0.05) is 6.07 Å². The van der Waals surface area contributed by atoms with Crippen molar-refractivity contribution in [3.63, 3.8) is 0 Å². The highest BCUT2D eigenvalue weighted by Crippen LogP contribution is 2.33. The lowest BCUT2D eigenvalue weighted by Crippen LogP contribution is -2.08. The summed E-state index contributed by atoms with van der Waals surface area (Å²) in [5.41, 5.74) is 0.309. The van der Waals surface area contributed by atoms with Gasteiger partial charge in [-0.05, 0) is 31.2 Å².